The Morgan fingerprint density at radius 2 is 0.574 bits per heavy atom. The molecule has 0 aliphatic rings. The molecule has 258 valence electrons. The van der Waals surface area contributed by atoms with E-state index in [4.69, 9.17) is 19.9 Å². The maximum Gasteiger partial charge on any atom is 0.201 e. The molecule has 0 amide bonds. The van der Waals surface area contributed by atoms with E-state index in [2.05, 4.69) is 20.4 Å². The largest absolute Gasteiger partial charge is 0.242 e. The Morgan fingerprint density at radius 1 is 0.278 bits per heavy atom. The average Bonchev–Trinajstić information content (AvgIpc) is 3.21. The van der Waals surface area contributed by atoms with Crippen LogP contribution in [0.25, 0.3) is 89.9 Å². The summed E-state index contributed by atoms with van der Waals surface area (Å²) in [5, 5.41) is 19.3. The van der Waals surface area contributed by atoms with Crippen molar-refractivity contribution < 1.29 is 17.6 Å². The number of fused-ring (bicyclic) bond motifs is 3. The minimum Gasteiger partial charge on any atom is -0.242 e. The lowest BCUT2D eigenvalue weighted by Gasteiger charge is -2.11. The number of aromatic nitrogens is 8. The smallest absolute Gasteiger partial charge is 0.201 e. The van der Waals surface area contributed by atoms with Gasteiger partial charge in [0.2, 0.25) is 11.6 Å². The number of rotatable bonds is 6. The van der Waals surface area contributed by atoms with Gasteiger partial charge in [-0.25, -0.2) is 37.5 Å². The number of hydrogen-bond acceptors (Lipinski definition) is 8. The highest BCUT2D eigenvalue weighted by atomic mass is 19.1. The Balaban J connectivity index is 1.17. The highest BCUT2D eigenvalue weighted by molar-refractivity contribution is 6.04. The lowest BCUT2D eigenvalue weighted by Crippen LogP contribution is -2.02. The molecule has 0 bridgehead atoms. The van der Waals surface area contributed by atoms with Gasteiger partial charge < -0.3 is 0 Å². The van der Waals surface area contributed by atoms with Gasteiger partial charge in [0.25, 0.3) is 0 Å². The number of hydrogen-bond donors (Lipinski definition) is 0. The molecule has 0 radical (unpaired) electrons. The lowest BCUT2D eigenvalue weighted by molar-refractivity contribution is 0.627. The molecule has 0 spiro atoms. The summed E-state index contributed by atoms with van der Waals surface area (Å²) in [5.41, 5.74) is 5.87. The summed E-state index contributed by atoms with van der Waals surface area (Å²) >= 11 is 0. The summed E-state index contributed by atoms with van der Waals surface area (Å²) in [7, 11) is 0. The van der Waals surface area contributed by atoms with Crippen LogP contribution in [0.1, 0.15) is 0 Å². The number of halogens is 4. The van der Waals surface area contributed by atoms with Crippen LogP contribution in [0.2, 0.25) is 0 Å². The summed E-state index contributed by atoms with van der Waals surface area (Å²) in [6, 6.07) is 34.4. The molecule has 0 aliphatic carbocycles. The first-order valence-electron chi connectivity index (χ1n) is 16.6. The van der Waals surface area contributed by atoms with Crippen LogP contribution in [0.3, 0.4) is 0 Å². The quantitative estimate of drug-likeness (QED) is 0.124. The molecular formula is C42H22F4N8. The van der Waals surface area contributed by atoms with Crippen LogP contribution >= 0.6 is 0 Å². The minimum atomic E-state index is -0.407. The maximum absolute atomic E-state index is 13.9. The molecule has 4 heterocycles. The van der Waals surface area contributed by atoms with E-state index in [1.165, 1.54) is 48.5 Å². The van der Waals surface area contributed by atoms with E-state index < -0.39 is 23.3 Å². The van der Waals surface area contributed by atoms with Crippen molar-refractivity contribution in [3.63, 3.8) is 0 Å². The van der Waals surface area contributed by atoms with Crippen LogP contribution in [0.15, 0.2) is 133 Å². The lowest BCUT2D eigenvalue weighted by atomic mass is 10.0. The Kier molecular flexibility index (Phi) is 8.04. The summed E-state index contributed by atoms with van der Waals surface area (Å²) in [4.78, 5) is 19.6. The molecule has 0 saturated carbocycles. The van der Waals surface area contributed by atoms with Crippen LogP contribution in [-0.2, 0) is 0 Å². The van der Waals surface area contributed by atoms with Crippen LogP contribution in [0.4, 0.5) is 17.6 Å². The second kappa shape index (κ2) is 13.3. The molecule has 9 aromatic rings. The van der Waals surface area contributed by atoms with E-state index in [1.807, 2.05) is 24.3 Å². The standard InChI is InChI=1S/C42H22F4N8/c43-29-13-3-25(4-14-29)37-39(27-7-17-31(45)18-8-27)51-53-41(49-37)33-21-11-23-1-2-24-12-22-34(48-36(24)35(23)47-33)42-50-38(26-5-15-30(44)16-6-26)40(52-54-42)28-9-19-32(46)20-10-28/h1-22H. The molecule has 5 aromatic carbocycles. The van der Waals surface area contributed by atoms with E-state index in [0.29, 0.717) is 67.5 Å². The van der Waals surface area contributed by atoms with Gasteiger partial charge in [-0.1, -0.05) is 24.3 Å². The van der Waals surface area contributed by atoms with Crippen LogP contribution in [0.5, 0.6) is 0 Å². The Bertz CT molecular complexity index is 2650. The molecule has 0 atom stereocenters. The maximum atomic E-state index is 13.9. The van der Waals surface area contributed by atoms with Crippen molar-refractivity contribution >= 4 is 21.8 Å². The van der Waals surface area contributed by atoms with Crippen molar-refractivity contribution in [2.45, 2.75) is 0 Å². The van der Waals surface area contributed by atoms with E-state index in [0.717, 1.165) is 10.8 Å². The highest BCUT2D eigenvalue weighted by Gasteiger charge is 2.19. The second-order valence-electron chi connectivity index (χ2n) is 12.3. The second-order valence-corrected chi connectivity index (χ2v) is 12.3. The van der Waals surface area contributed by atoms with Gasteiger partial charge >= 0.3 is 0 Å². The predicted octanol–water partition coefficient (Wildman–Crippen LogP) is 9.71. The van der Waals surface area contributed by atoms with Gasteiger partial charge in [0.05, 0.1) is 11.0 Å². The molecule has 0 unspecified atom stereocenters. The molecule has 0 aliphatic heterocycles. The summed E-state index contributed by atoms with van der Waals surface area (Å²) in [6.45, 7) is 0. The Labute approximate surface area is 303 Å². The third-order valence-electron chi connectivity index (χ3n) is 8.82. The van der Waals surface area contributed by atoms with Gasteiger partial charge in [0.1, 0.15) is 57.4 Å². The first kappa shape index (κ1) is 32.6. The summed E-state index contributed by atoms with van der Waals surface area (Å²) in [5.74, 6) is -1.19. The SMILES string of the molecule is Fc1ccc(-c2nnc(-c3ccc4ccc5ccc(-c6nnc(-c7ccc(F)cc7)c(-c7ccc(F)cc7)n6)nc5c4n3)nc2-c2ccc(F)cc2)cc1. The first-order valence-corrected chi connectivity index (χ1v) is 16.6. The molecule has 54 heavy (non-hydrogen) atoms. The van der Waals surface area contributed by atoms with Crippen molar-refractivity contribution in [1.82, 2.24) is 40.3 Å². The highest BCUT2D eigenvalue weighted by Crippen LogP contribution is 2.33. The number of nitrogens with zero attached hydrogens (tertiary/aromatic N) is 8. The number of pyridine rings is 2. The van der Waals surface area contributed by atoms with E-state index >= 15 is 0 Å². The molecule has 9 rings (SSSR count). The van der Waals surface area contributed by atoms with Crippen LogP contribution < -0.4 is 0 Å². The molecule has 12 heteroatoms. The van der Waals surface area contributed by atoms with Gasteiger partial charge in [-0.15, -0.1) is 20.4 Å². The van der Waals surface area contributed by atoms with Gasteiger partial charge in [0, 0.05) is 33.0 Å². The number of benzene rings is 5. The fourth-order valence-corrected chi connectivity index (χ4v) is 6.11. The van der Waals surface area contributed by atoms with Gasteiger partial charge in [0.15, 0.2) is 0 Å². The van der Waals surface area contributed by atoms with Gasteiger partial charge in [-0.05, 0) is 109 Å². The third-order valence-corrected chi connectivity index (χ3v) is 8.82. The molecule has 8 nitrogen and oxygen atoms in total. The van der Waals surface area contributed by atoms with Gasteiger partial charge in [-0.3, -0.25) is 0 Å². The zero-order chi connectivity index (χ0) is 36.8. The van der Waals surface area contributed by atoms with Gasteiger partial charge in [-0.2, -0.15) is 0 Å². The van der Waals surface area contributed by atoms with Crippen LogP contribution in [0, 0.1) is 23.3 Å². The van der Waals surface area contributed by atoms with Crippen molar-refractivity contribution in [2.75, 3.05) is 0 Å². The van der Waals surface area contributed by atoms with Crippen molar-refractivity contribution in [2.24, 2.45) is 0 Å². The zero-order valence-electron chi connectivity index (χ0n) is 27.8. The fourth-order valence-electron chi connectivity index (χ4n) is 6.11. The van der Waals surface area contributed by atoms with Crippen LogP contribution in [-0.4, -0.2) is 40.3 Å². The average molecular weight is 715 g/mol. The van der Waals surface area contributed by atoms with E-state index in [1.54, 1.807) is 60.7 Å². The Hall–Kier alpha value is -7.34. The zero-order valence-corrected chi connectivity index (χ0v) is 27.8. The predicted molar refractivity (Wildman–Crippen MR) is 196 cm³/mol. The van der Waals surface area contributed by atoms with Crippen molar-refractivity contribution in [3.05, 3.63) is 157 Å². The van der Waals surface area contributed by atoms with Crippen molar-refractivity contribution in [3.8, 4) is 68.1 Å². The molecule has 0 fully saturated rings. The summed E-state index contributed by atoms with van der Waals surface area (Å²) in [6.07, 6.45) is 0. The molecule has 0 saturated heterocycles. The molecule has 4 aromatic heterocycles. The molecule has 0 N–H and O–H groups in total. The Morgan fingerprint density at radius 3 is 0.907 bits per heavy atom. The minimum absolute atomic E-state index is 0.211. The third kappa shape index (κ3) is 6.15. The summed E-state index contributed by atoms with van der Waals surface area (Å²) < 4.78 is 55.3. The monoisotopic (exact) mass is 714 g/mol. The van der Waals surface area contributed by atoms with E-state index in [9.17, 15) is 17.6 Å². The van der Waals surface area contributed by atoms with E-state index in [-0.39, 0.29) is 11.6 Å². The molecular weight excluding hydrogens is 693 g/mol. The normalized spacial score (nSPS) is 11.3. The topological polar surface area (TPSA) is 103 Å². The first-order chi connectivity index (χ1) is 26.4. The van der Waals surface area contributed by atoms with Crippen molar-refractivity contribution in [1.29, 1.82) is 0 Å². The fraction of sp³-hybridized carbons (Fsp3) is 0.